The number of nitro groups is 1. The second-order valence-corrected chi connectivity index (χ2v) is 8.99. The molecule has 0 aliphatic carbocycles. The maximum Gasteiger partial charge on any atom is 0.269 e. The number of amides is 1. The van der Waals surface area contributed by atoms with Gasteiger partial charge in [0.05, 0.1) is 11.0 Å². The van der Waals surface area contributed by atoms with Crippen molar-refractivity contribution in [1.29, 1.82) is 0 Å². The molecule has 1 saturated heterocycles. The summed E-state index contributed by atoms with van der Waals surface area (Å²) >= 11 is 7.46. The van der Waals surface area contributed by atoms with E-state index in [1.807, 2.05) is 9.47 Å². The first-order valence-electron chi connectivity index (χ1n) is 10.4. The highest BCUT2D eigenvalue weighted by Gasteiger charge is 2.34. The first kappa shape index (κ1) is 23.0. The van der Waals surface area contributed by atoms with Crippen LogP contribution in [0.4, 0.5) is 5.69 Å². The van der Waals surface area contributed by atoms with Crippen molar-refractivity contribution in [3.05, 3.63) is 93.3 Å². The molecule has 0 bridgehead atoms. The summed E-state index contributed by atoms with van der Waals surface area (Å²) in [6.45, 7) is 5.03. The van der Waals surface area contributed by atoms with Crippen molar-refractivity contribution < 1.29 is 9.72 Å². The third-order valence-corrected chi connectivity index (χ3v) is 6.76. The molecule has 1 atom stereocenters. The number of hydrogen-bond donors (Lipinski definition) is 0. The van der Waals surface area contributed by atoms with Gasteiger partial charge in [0.25, 0.3) is 11.6 Å². The summed E-state index contributed by atoms with van der Waals surface area (Å²) in [6.07, 6.45) is 3.47. The summed E-state index contributed by atoms with van der Waals surface area (Å²) in [4.78, 5) is 25.4. The number of carbonyl (C=O) groups is 1. The molecule has 1 unspecified atom stereocenters. The topological polar surface area (TPSA) is 94.2 Å². The normalized spacial score (nSPS) is 15.5. The van der Waals surface area contributed by atoms with E-state index in [1.54, 1.807) is 42.5 Å². The van der Waals surface area contributed by atoms with Crippen molar-refractivity contribution in [2.45, 2.75) is 36.3 Å². The molecule has 1 aromatic heterocycles. The number of aromatic nitrogens is 3. The molecule has 170 valence electrons. The van der Waals surface area contributed by atoms with Crippen LogP contribution in [-0.2, 0) is 12.3 Å². The summed E-state index contributed by atoms with van der Waals surface area (Å²) in [6, 6.07) is 13.2. The van der Waals surface area contributed by atoms with Crippen LogP contribution < -0.4 is 0 Å². The van der Waals surface area contributed by atoms with Gasteiger partial charge in [0, 0.05) is 41.6 Å². The molecule has 0 spiro atoms. The lowest BCUT2D eigenvalue weighted by Crippen LogP contribution is -2.32. The van der Waals surface area contributed by atoms with Gasteiger partial charge >= 0.3 is 0 Å². The second-order valence-electron chi connectivity index (χ2n) is 7.62. The number of thioether (sulfide) groups is 1. The highest BCUT2D eigenvalue weighted by molar-refractivity contribution is 7.98. The van der Waals surface area contributed by atoms with E-state index in [1.165, 1.54) is 23.9 Å². The summed E-state index contributed by atoms with van der Waals surface area (Å²) in [5, 5.41) is 21.0. The Kier molecular flexibility index (Phi) is 7.10. The maximum absolute atomic E-state index is 13.2. The molecule has 2 heterocycles. The summed E-state index contributed by atoms with van der Waals surface area (Å²) in [5.41, 5.74) is 1.60. The largest absolute Gasteiger partial charge is 0.328 e. The Labute approximate surface area is 200 Å². The van der Waals surface area contributed by atoms with Crippen LogP contribution in [-0.4, -0.2) is 37.0 Å². The number of allylic oxidation sites excluding steroid dienone is 1. The van der Waals surface area contributed by atoms with Crippen LogP contribution in [0.5, 0.6) is 0 Å². The number of nitrogens with zero attached hydrogens (tertiary/aromatic N) is 5. The van der Waals surface area contributed by atoms with Crippen LogP contribution >= 0.6 is 23.4 Å². The van der Waals surface area contributed by atoms with Crippen LogP contribution in [0, 0.1) is 10.1 Å². The van der Waals surface area contributed by atoms with E-state index in [4.69, 9.17) is 11.6 Å². The van der Waals surface area contributed by atoms with Gasteiger partial charge in [-0.05, 0) is 42.7 Å². The third kappa shape index (κ3) is 5.09. The van der Waals surface area contributed by atoms with Gasteiger partial charge in [-0.1, -0.05) is 41.6 Å². The third-order valence-electron chi connectivity index (χ3n) is 5.48. The zero-order chi connectivity index (χ0) is 23.4. The minimum atomic E-state index is -0.414. The molecule has 33 heavy (non-hydrogen) atoms. The molecule has 0 radical (unpaired) electrons. The predicted octanol–water partition coefficient (Wildman–Crippen LogP) is 5.30. The van der Waals surface area contributed by atoms with Gasteiger partial charge in [0.2, 0.25) is 0 Å². The minimum Gasteiger partial charge on any atom is -0.328 e. The van der Waals surface area contributed by atoms with Gasteiger partial charge in [-0.3, -0.25) is 14.9 Å². The number of benzene rings is 2. The zero-order valence-corrected chi connectivity index (χ0v) is 19.3. The fourth-order valence-electron chi connectivity index (χ4n) is 3.85. The van der Waals surface area contributed by atoms with Crippen LogP contribution in [0.3, 0.4) is 0 Å². The Bertz CT molecular complexity index is 1160. The van der Waals surface area contributed by atoms with Gasteiger partial charge in [0.15, 0.2) is 11.0 Å². The molecule has 0 saturated carbocycles. The van der Waals surface area contributed by atoms with Gasteiger partial charge in [-0.2, -0.15) is 0 Å². The van der Waals surface area contributed by atoms with Crippen molar-refractivity contribution in [1.82, 2.24) is 19.7 Å². The standard InChI is InChI=1S/C23H22ClN5O3S/c1-2-13-28-21(20-4-3-14-27(20)22(30)17-7-9-18(24)10-8-17)25-26-23(28)33-15-16-5-11-19(12-6-16)29(31)32/h2,5-12,20H,1,3-4,13-15H2. The van der Waals surface area contributed by atoms with Crippen LogP contribution in [0.15, 0.2) is 66.3 Å². The SMILES string of the molecule is C=CCn1c(SCc2ccc([N+](=O)[O-])cc2)nnc1C1CCCN1C(=O)c1ccc(Cl)cc1. The summed E-state index contributed by atoms with van der Waals surface area (Å²) < 4.78 is 1.99. The summed E-state index contributed by atoms with van der Waals surface area (Å²) in [7, 11) is 0. The molecule has 1 fully saturated rings. The van der Waals surface area contributed by atoms with Gasteiger partial charge in [-0.25, -0.2) is 0 Å². The van der Waals surface area contributed by atoms with Crippen molar-refractivity contribution in [3.63, 3.8) is 0 Å². The number of rotatable bonds is 8. The fourth-order valence-corrected chi connectivity index (χ4v) is 4.89. The smallest absolute Gasteiger partial charge is 0.269 e. The van der Waals surface area contributed by atoms with E-state index in [0.717, 1.165) is 24.2 Å². The number of hydrogen-bond acceptors (Lipinski definition) is 6. The van der Waals surface area contributed by atoms with E-state index >= 15 is 0 Å². The Morgan fingerprint density at radius 1 is 1.21 bits per heavy atom. The van der Waals surface area contributed by atoms with Crippen molar-refractivity contribution in [2.24, 2.45) is 0 Å². The molecule has 2 aromatic carbocycles. The lowest BCUT2D eigenvalue weighted by Gasteiger charge is -2.24. The molecule has 0 N–H and O–H groups in total. The first-order valence-corrected chi connectivity index (χ1v) is 11.8. The van der Waals surface area contributed by atoms with Gasteiger partial charge in [-0.15, -0.1) is 16.8 Å². The van der Waals surface area contributed by atoms with Gasteiger partial charge in [0.1, 0.15) is 0 Å². The highest BCUT2D eigenvalue weighted by Crippen LogP contribution is 2.34. The van der Waals surface area contributed by atoms with Crippen LogP contribution in [0.1, 0.15) is 40.6 Å². The number of non-ortho nitro benzene ring substituents is 1. The Hall–Kier alpha value is -3.17. The van der Waals surface area contributed by atoms with E-state index in [0.29, 0.717) is 34.6 Å². The monoisotopic (exact) mass is 483 g/mol. The first-order chi connectivity index (χ1) is 16.0. The lowest BCUT2D eigenvalue weighted by molar-refractivity contribution is -0.384. The Balaban J connectivity index is 1.53. The van der Waals surface area contributed by atoms with E-state index in [9.17, 15) is 14.9 Å². The molecule has 1 aliphatic rings. The van der Waals surface area contributed by atoms with E-state index in [-0.39, 0.29) is 17.6 Å². The van der Waals surface area contributed by atoms with Crippen molar-refractivity contribution >= 4 is 35.0 Å². The molecule has 10 heteroatoms. The number of nitro benzene ring substituents is 1. The number of likely N-dealkylation sites (tertiary alicyclic amines) is 1. The number of halogens is 1. The Morgan fingerprint density at radius 3 is 2.61 bits per heavy atom. The van der Waals surface area contributed by atoms with Crippen molar-refractivity contribution in [2.75, 3.05) is 6.54 Å². The Morgan fingerprint density at radius 2 is 1.94 bits per heavy atom. The predicted molar refractivity (Wildman–Crippen MR) is 127 cm³/mol. The molecular formula is C23H22ClN5O3S. The quantitative estimate of drug-likeness (QED) is 0.187. The number of carbonyl (C=O) groups excluding carboxylic acids is 1. The average Bonchev–Trinajstić information content (AvgIpc) is 3.45. The molecule has 4 rings (SSSR count). The molecule has 1 aliphatic heterocycles. The van der Waals surface area contributed by atoms with Crippen LogP contribution in [0.25, 0.3) is 0 Å². The molecular weight excluding hydrogens is 462 g/mol. The van der Waals surface area contributed by atoms with Gasteiger partial charge < -0.3 is 9.47 Å². The minimum absolute atomic E-state index is 0.0533. The maximum atomic E-state index is 13.2. The van der Waals surface area contributed by atoms with E-state index < -0.39 is 4.92 Å². The van der Waals surface area contributed by atoms with Crippen molar-refractivity contribution in [3.8, 4) is 0 Å². The summed E-state index contributed by atoms with van der Waals surface area (Å²) in [5.74, 6) is 1.27. The van der Waals surface area contributed by atoms with Crippen LogP contribution in [0.2, 0.25) is 5.02 Å². The highest BCUT2D eigenvalue weighted by atomic mass is 35.5. The zero-order valence-electron chi connectivity index (χ0n) is 17.8. The second kappa shape index (κ2) is 10.2. The molecule has 1 amide bonds. The fraction of sp³-hybridized carbons (Fsp3) is 0.261. The average molecular weight is 484 g/mol. The van der Waals surface area contributed by atoms with E-state index in [2.05, 4.69) is 16.8 Å². The lowest BCUT2D eigenvalue weighted by atomic mass is 10.1. The molecule has 3 aromatic rings. The molecule has 8 nitrogen and oxygen atoms in total.